The zero-order chi connectivity index (χ0) is 19.1. The average molecular weight is 385 g/mol. The maximum atomic E-state index is 12.1. The Balaban J connectivity index is 1.39. The van der Waals surface area contributed by atoms with E-state index >= 15 is 0 Å². The van der Waals surface area contributed by atoms with Crippen molar-refractivity contribution >= 4 is 23.7 Å². The van der Waals surface area contributed by atoms with Gasteiger partial charge in [0.2, 0.25) is 0 Å². The van der Waals surface area contributed by atoms with E-state index in [1.165, 1.54) is 5.56 Å². The van der Waals surface area contributed by atoms with E-state index in [9.17, 15) is 4.79 Å². The Bertz CT molecular complexity index is 783. The van der Waals surface area contributed by atoms with Gasteiger partial charge in [0.1, 0.15) is 0 Å². The van der Waals surface area contributed by atoms with Gasteiger partial charge in [0.05, 0.1) is 12.8 Å². The van der Waals surface area contributed by atoms with E-state index in [1.54, 1.807) is 6.21 Å². The summed E-state index contributed by atoms with van der Waals surface area (Å²) < 4.78 is 0. The minimum absolute atomic E-state index is 0.0778. The number of amides is 1. The first-order valence-electron chi connectivity index (χ1n) is 9.17. The van der Waals surface area contributed by atoms with Crippen LogP contribution in [-0.2, 0) is 11.3 Å². The van der Waals surface area contributed by atoms with Gasteiger partial charge in [-0.3, -0.25) is 14.6 Å². The number of halogens is 1. The van der Waals surface area contributed by atoms with Crippen molar-refractivity contribution in [3.05, 3.63) is 70.2 Å². The standard InChI is InChI=1S/C21H25ClN4O/c1-17-4-2-3-5-19(17)14-23-24-21(27)16-26-12-10-25(11-13-26)15-18-6-8-20(22)9-7-18/h2-9,14H,10-13,15-16H2,1H3,(H,24,27)/b23-14-. The highest BCUT2D eigenvalue weighted by Gasteiger charge is 2.18. The predicted octanol–water partition coefficient (Wildman–Crippen LogP) is 2.92. The molecule has 1 N–H and O–H groups in total. The number of hydrogen-bond acceptors (Lipinski definition) is 4. The number of benzene rings is 2. The van der Waals surface area contributed by atoms with Gasteiger partial charge in [0, 0.05) is 37.7 Å². The second-order valence-corrected chi connectivity index (χ2v) is 7.26. The fourth-order valence-corrected chi connectivity index (χ4v) is 3.22. The molecule has 1 aliphatic heterocycles. The molecule has 3 rings (SSSR count). The van der Waals surface area contributed by atoms with Crippen LogP contribution in [0.15, 0.2) is 53.6 Å². The highest BCUT2D eigenvalue weighted by atomic mass is 35.5. The molecule has 0 spiro atoms. The molecule has 2 aromatic carbocycles. The van der Waals surface area contributed by atoms with E-state index in [0.717, 1.165) is 48.9 Å². The van der Waals surface area contributed by atoms with Crippen molar-refractivity contribution in [2.45, 2.75) is 13.5 Å². The number of hydrogen-bond donors (Lipinski definition) is 1. The van der Waals surface area contributed by atoms with Gasteiger partial charge >= 0.3 is 0 Å². The molecule has 0 unspecified atom stereocenters. The van der Waals surface area contributed by atoms with E-state index in [0.29, 0.717) is 6.54 Å². The van der Waals surface area contributed by atoms with Crippen molar-refractivity contribution in [3.63, 3.8) is 0 Å². The fourth-order valence-electron chi connectivity index (χ4n) is 3.10. The molecule has 1 heterocycles. The van der Waals surface area contributed by atoms with Gasteiger partial charge in [0.15, 0.2) is 0 Å². The molecule has 1 fully saturated rings. The first kappa shape index (κ1) is 19.5. The van der Waals surface area contributed by atoms with Crippen LogP contribution in [0.4, 0.5) is 0 Å². The molecular weight excluding hydrogens is 360 g/mol. The predicted molar refractivity (Wildman–Crippen MR) is 110 cm³/mol. The Morgan fingerprint density at radius 2 is 1.74 bits per heavy atom. The highest BCUT2D eigenvalue weighted by Crippen LogP contribution is 2.12. The van der Waals surface area contributed by atoms with Crippen molar-refractivity contribution in [2.24, 2.45) is 5.10 Å². The summed E-state index contributed by atoms with van der Waals surface area (Å²) in [6, 6.07) is 15.9. The van der Waals surface area contributed by atoms with Crippen LogP contribution < -0.4 is 5.43 Å². The van der Waals surface area contributed by atoms with Gasteiger partial charge in [0.25, 0.3) is 5.91 Å². The summed E-state index contributed by atoms with van der Waals surface area (Å²) in [7, 11) is 0. The zero-order valence-corrected chi connectivity index (χ0v) is 16.3. The monoisotopic (exact) mass is 384 g/mol. The lowest BCUT2D eigenvalue weighted by molar-refractivity contribution is -0.122. The Kier molecular flexibility index (Phi) is 6.98. The van der Waals surface area contributed by atoms with Crippen LogP contribution in [0.5, 0.6) is 0 Å². The molecule has 0 bridgehead atoms. The molecule has 0 aliphatic carbocycles. The van der Waals surface area contributed by atoms with E-state index < -0.39 is 0 Å². The molecule has 142 valence electrons. The summed E-state index contributed by atoms with van der Waals surface area (Å²) in [5, 5.41) is 4.84. The third-order valence-electron chi connectivity index (χ3n) is 4.73. The SMILES string of the molecule is Cc1ccccc1/C=N\NC(=O)CN1CCN(Cc2ccc(Cl)cc2)CC1. The van der Waals surface area contributed by atoms with Gasteiger partial charge in [-0.05, 0) is 35.7 Å². The van der Waals surface area contributed by atoms with E-state index in [4.69, 9.17) is 11.6 Å². The lowest BCUT2D eigenvalue weighted by atomic mass is 10.1. The van der Waals surface area contributed by atoms with E-state index in [-0.39, 0.29) is 5.91 Å². The smallest absolute Gasteiger partial charge is 0.254 e. The lowest BCUT2D eigenvalue weighted by Crippen LogP contribution is -2.48. The van der Waals surface area contributed by atoms with Crippen LogP contribution in [0.3, 0.4) is 0 Å². The Morgan fingerprint density at radius 1 is 1.07 bits per heavy atom. The normalized spacial score (nSPS) is 15.9. The maximum Gasteiger partial charge on any atom is 0.254 e. The minimum atomic E-state index is -0.0778. The highest BCUT2D eigenvalue weighted by molar-refractivity contribution is 6.30. The van der Waals surface area contributed by atoms with Crippen molar-refractivity contribution in [1.82, 2.24) is 15.2 Å². The molecule has 0 radical (unpaired) electrons. The van der Waals surface area contributed by atoms with Crippen molar-refractivity contribution < 1.29 is 4.79 Å². The summed E-state index contributed by atoms with van der Waals surface area (Å²) >= 11 is 5.93. The number of piperazine rings is 1. The molecule has 1 aliphatic rings. The summed E-state index contributed by atoms with van der Waals surface area (Å²) in [6.07, 6.45) is 1.69. The number of rotatable bonds is 6. The number of nitrogens with zero attached hydrogens (tertiary/aromatic N) is 3. The maximum absolute atomic E-state index is 12.1. The first-order valence-corrected chi connectivity index (χ1v) is 9.54. The molecule has 27 heavy (non-hydrogen) atoms. The van der Waals surface area contributed by atoms with Gasteiger partial charge in [-0.15, -0.1) is 0 Å². The van der Waals surface area contributed by atoms with Crippen molar-refractivity contribution in [2.75, 3.05) is 32.7 Å². The van der Waals surface area contributed by atoms with Gasteiger partial charge in [-0.2, -0.15) is 5.10 Å². The van der Waals surface area contributed by atoms with Crippen LogP contribution >= 0.6 is 11.6 Å². The Hall–Kier alpha value is -2.21. The second-order valence-electron chi connectivity index (χ2n) is 6.83. The van der Waals surface area contributed by atoms with Crippen molar-refractivity contribution in [3.8, 4) is 0 Å². The summed E-state index contributed by atoms with van der Waals surface area (Å²) in [6.45, 7) is 6.96. The van der Waals surface area contributed by atoms with Crippen LogP contribution in [0.1, 0.15) is 16.7 Å². The first-order chi connectivity index (χ1) is 13.1. The molecule has 0 aromatic heterocycles. The third-order valence-corrected chi connectivity index (χ3v) is 4.98. The van der Waals surface area contributed by atoms with E-state index in [1.807, 2.05) is 43.3 Å². The van der Waals surface area contributed by atoms with Gasteiger partial charge in [-0.1, -0.05) is 48.0 Å². The quantitative estimate of drug-likeness (QED) is 0.615. The van der Waals surface area contributed by atoms with Gasteiger partial charge < -0.3 is 0 Å². The summed E-state index contributed by atoms with van der Waals surface area (Å²) in [4.78, 5) is 16.7. The Morgan fingerprint density at radius 3 is 2.44 bits per heavy atom. The summed E-state index contributed by atoms with van der Waals surface area (Å²) in [5.74, 6) is -0.0778. The number of nitrogens with one attached hydrogen (secondary N) is 1. The van der Waals surface area contributed by atoms with Crippen LogP contribution in [0, 0.1) is 6.92 Å². The average Bonchev–Trinajstić information content (AvgIpc) is 2.67. The number of hydrazone groups is 1. The number of carbonyl (C=O) groups excluding carboxylic acids is 1. The molecule has 2 aromatic rings. The largest absolute Gasteiger partial charge is 0.297 e. The molecular formula is C21H25ClN4O. The van der Waals surface area contributed by atoms with Gasteiger partial charge in [-0.25, -0.2) is 5.43 Å². The van der Waals surface area contributed by atoms with Crippen LogP contribution in [-0.4, -0.2) is 54.6 Å². The summed E-state index contributed by atoms with van der Waals surface area (Å²) in [5.41, 5.74) is 6.02. The lowest BCUT2D eigenvalue weighted by Gasteiger charge is -2.34. The molecule has 0 atom stereocenters. The molecule has 1 saturated heterocycles. The van der Waals surface area contributed by atoms with E-state index in [2.05, 4.69) is 32.5 Å². The van der Waals surface area contributed by atoms with Crippen molar-refractivity contribution in [1.29, 1.82) is 0 Å². The zero-order valence-electron chi connectivity index (χ0n) is 15.6. The Labute approximate surface area is 165 Å². The third kappa shape index (κ3) is 6.17. The van der Waals surface area contributed by atoms with Crippen LogP contribution in [0.2, 0.25) is 5.02 Å². The second kappa shape index (κ2) is 9.65. The molecule has 6 heteroatoms. The number of aryl methyl sites for hydroxylation is 1. The van der Waals surface area contributed by atoms with Crippen LogP contribution in [0.25, 0.3) is 0 Å². The molecule has 0 saturated carbocycles. The fraction of sp³-hybridized carbons (Fsp3) is 0.333. The minimum Gasteiger partial charge on any atom is -0.297 e. The molecule has 5 nitrogen and oxygen atoms in total. The molecule has 1 amide bonds. The number of carbonyl (C=O) groups is 1. The topological polar surface area (TPSA) is 47.9 Å².